The fourth-order valence-electron chi connectivity index (χ4n) is 2.16. The van der Waals surface area contributed by atoms with E-state index in [2.05, 4.69) is 21.0 Å². The first-order chi connectivity index (χ1) is 9.19. The van der Waals surface area contributed by atoms with Gasteiger partial charge in [0.1, 0.15) is 4.88 Å². The maximum Gasteiger partial charge on any atom is 0.345 e. The molecule has 0 saturated carbocycles. The fourth-order valence-corrected chi connectivity index (χ4v) is 3.06. The predicted octanol–water partition coefficient (Wildman–Crippen LogP) is 2.67. The van der Waals surface area contributed by atoms with Gasteiger partial charge < -0.3 is 14.2 Å². The zero-order valence-electron chi connectivity index (χ0n) is 10.4. The lowest BCUT2D eigenvalue weighted by atomic mass is 10.4. The summed E-state index contributed by atoms with van der Waals surface area (Å²) in [6, 6.07) is 3.69. The molecule has 0 aromatic carbocycles. The normalized spacial score (nSPS) is 11.2. The number of aromatic nitrogens is 3. The molecule has 5 nitrogen and oxygen atoms in total. The Hall–Kier alpha value is -2.08. The van der Waals surface area contributed by atoms with Crippen molar-refractivity contribution in [2.45, 2.75) is 20.0 Å². The number of nitrogens with zero attached hydrogens (tertiary/aromatic N) is 3. The summed E-state index contributed by atoms with van der Waals surface area (Å²) in [6.45, 7) is 3.65. The minimum atomic E-state index is -0.869. The molecule has 1 N–H and O–H groups in total. The molecule has 3 aromatic heterocycles. The first-order valence-corrected chi connectivity index (χ1v) is 6.81. The number of aryl methyl sites for hydroxylation is 1. The Kier molecular flexibility index (Phi) is 2.87. The van der Waals surface area contributed by atoms with E-state index in [-0.39, 0.29) is 0 Å². The molecule has 0 atom stereocenters. The molecule has 0 saturated heterocycles. The molecule has 0 bridgehead atoms. The third kappa shape index (κ3) is 2.04. The molecule has 0 aliphatic carbocycles. The van der Waals surface area contributed by atoms with Gasteiger partial charge in [-0.1, -0.05) is 0 Å². The first kappa shape index (κ1) is 12.0. The van der Waals surface area contributed by atoms with Gasteiger partial charge in [0, 0.05) is 18.9 Å². The first-order valence-electron chi connectivity index (χ1n) is 6.00. The number of fused-ring (bicyclic) bond motifs is 1. The Morgan fingerprint density at radius 1 is 1.47 bits per heavy atom. The SMILES string of the molecule is CCn1cncc1Cn1ccc2sc(C(=O)O)cc21. The Morgan fingerprint density at radius 2 is 2.32 bits per heavy atom. The third-order valence-corrected chi connectivity index (χ3v) is 4.22. The second-order valence-corrected chi connectivity index (χ2v) is 5.36. The van der Waals surface area contributed by atoms with Crippen LogP contribution in [0, 0.1) is 0 Å². The van der Waals surface area contributed by atoms with Crippen molar-refractivity contribution in [3.05, 3.63) is 41.4 Å². The van der Waals surface area contributed by atoms with Crippen molar-refractivity contribution in [2.24, 2.45) is 0 Å². The van der Waals surface area contributed by atoms with E-state index in [0.29, 0.717) is 11.4 Å². The number of rotatable bonds is 4. The van der Waals surface area contributed by atoms with E-state index < -0.39 is 5.97 Å². The smallest absolute Gasteiger partial charge is 0.345 e. The van der Waals surface area contributed by atoms with Crippen LogP contribution in [0.1, 0.15) is 22.3 Å². The van der Waals surface area contributed by atoms with Crippen molar-refractivity contribution in [3.8, 4) is 0 Å². The molecule has 0 aliphatic heterocycles. The van der Waals surface area contributed by atoms with Gasteiger partial charge in [0.15, 0.2) is 0 Å². The van der Waals surface area contributed by atoms with Crippen molar-refractivity contribution in [3.63, 3.8) is 0 Å². The second-order valence-electron chi connectivity index (χ2n) is 4.28. The van der Waals surface area contributed by atoms with E-state index >= 15 is 0 Å². The van der Waals surface area contributed by atoms with Crippen molar-refractivity contribution >= 4 is 27.5 Å². The van der Waals surface area contributed by atoms with E-state index in [4.69, 9.17) is 5.11 Å². The molecule has 0 aliphatic rings. The van der Waals surface area contributed by atoms with E-state index in [0.717, 1.165) is 22.5 Å². The highest BCUT2D eigenvalue weighted by Crippen LogP contribution is 2.27. The average molecular weight is 275 g/mol. The monoisotopic (exact) mass is 275 g/mol. The molecular weight excluding hydrogens is 262 g/mol. The zero-order chi connectivity index (χ0) is 13.4. The Morgan fingerprint density at radius 3 is 3.05 bits per heavy atom. The number of hydrogen-bond acceptors (Lipinski definition) is 3. The third-order valence-electron chi connectivity index (χ3n) is 3.14. The molecule has 0 amide bonds. The van der Waals surface area contributed by atoms with Crippen molar-refractivity contribution in [2.75, 3.05) is 0 Å². The molecule has 6 heteroatoms. The maximum atomic E-state index is 11.0. The summed E-state index contributed by atoms with van der Waals surface area (Å²) in [7, 11) is 0. The molecular formula is C13H13N3O2S. The van der Waals surface area contributed by atoms with Crippen LogP contribution in [0.2, 0.25) is 0 Å². The standard InChI is InChI=1S/C13H13N3O2S/c1-2-15-8-14-6-9(15)7-16-4-3-11-10(16)5-12(19-11)13(17)18/h3-6,8H,2,7H2,1H3,(H,17,18). The summed E-state index contributed by atoms with van der Waals surface area (Å²) in [5.74, 6) is -0.869. The van der Waals surface area contributed by atoms with Crippen LogP contribution in [0.15, 0.2) is 30.9 Å². The van der Waals surface area contributed by atoms with Crippen LogP contribution < -0.4 is 0 Å². The number of carbonyl (C=O) groups is 1. The summed E-state index contributed by atoms with van der Waals surface area (Å²) in [5, 5.41) is 9.02. The highest BCUT2D eigenvalue weighted by molar-refractivity contribution is 7.20. The van der Waals surface area contributed by atoms with Gasteiger partial charge in [0.25, 0.3) is 0 Å². The lowest BCUT2D eigenvalue weighted by Crippen LogP contribution is -2.04. The van der Waals surface area contributed by atoms with Crippen LogP contribution in [0.3, 0.4) is 0 Å². The van der Waals surface area contributed by atoms with Crippen molar-refractivity contribution < 1.29 is 9.90 Å². The van der Waals surface area contributed by atoms with Gasteiger partial charge in [-0.2, -0.15) is 0 Å². The highest BCUT2D eigenvalue weighted by Gasteiger charge is 2.12. The summed E-state index contributed by atoms with van der Waals surface area (Å²) in [6.07, 6.45) is 5.64. The van der Waals surface area contributed by atoms with Crippen LogP contribution in [-0.4, -0.2) is 25.2 Å². The number of thiophene rings is 1. The van der Waals surface area contributed by atoms with Gasteiger partial charge in [0.05, 0.1) is 28.8 Å². The molecule has 3 heterocycles. The van der Waals surface area contributed by atoms with E-state index in [9.17, 15) is 4.79 Å². The van der Waals surface area contributed by atoms with Crippen LogP contribution in [0.25, 0.3) is 10.2 Å². The molecule has 0 fully saturated rings. The van der Waals surface area contributed by atoms with E-state index in [1.54, 1.807) is 6.07 Å². The quantitative estimate of drug-likeness (QED) is 0.796. The van der Waals surface area contributed by atoms with Crippen molar-refractivity contribution in [1.82, 2.24) is 14.1 Å². The number of hydrogen-bond donors (Lipinski definition) is 1. The van der Waals surface area contributed by atoms with Gasteiger partial charge >= 0.3 is 5.97 Å². The van der Waals surface area contributed by atoms with Gasteiger partial charge in [-0.25, -0.2) is 9.78 Å². The molecule has 19 heavy (non-hydrogen) atoms. The zero-order valence-corrected chi connectivity index (χ0v) is 11.2. The lowest BCUT2D eigenvalue weighted by Gasteiger charge is -2.06. The largest absolute Gasteiger partial charge is 0.477 e. The molecule has 3 rings (SSSR count). The van der Waals surface area contributed by atoms with Gasteiger partial charge in [-0.05, 0) is 19.1 Å². The summed E-state index contributed by atoms with van der Waals surface area (Å²) >= 11 is 1.31. The topological polar surface area (TPSA) is 60.0 Å². The number of carboxylic acids is 1. The fraction of sp³-hybridized carbons (Fsp3) is 0.231. The van der Waals surface area contributed by atoms with Gasteiger partial charge in [-0.3, -0.25) is 0 Å². The van der Waals surface area contributed by atoms with Gasteiger partial charge in [0.2, 0.25) is 0 Å². The van der Waals surface area contributed by atoms with Crippen molar-refractivity contribution in [1.29, 1.82) is 0 Å². The minimum Gasteiger partial charge on any atom is -0.477 e. The summed E-state index contributed by atoms with van der Waals surface area (Å²) in [4.78, 5) is 15.5. The second kappa shape index (κ2) is 4.55. The van der Waals surface area contributed by atoms with E-state index in [1.807, 2.05) is 24.8 Å². The summed E-state index contributed by atoms with van der Waals surface area (Å²) in [5.41, 5.74) is 2.08. The number of aromatic carboxylic acids is 1. The van der Waals surface area contributed by atoms with Gasteiger partial charge in [-0.15, -0.1) is 11.3 Å². The van der Waals surface area contributed by atoms with E-state index in [1.165, 1.54) is 11.3 Å². The Bertz CT molecular complexity index is 738. The average Bonchev–Trinajstić information content (AvgIpc) is 3.06. The Labute approximate surface area is 113 Å². The summed E-state index contributed by atoms with van der Waals surface area (Å²) < 4.78 is 5.14. The molecule has 98 valence electrons. The van der Waals surface area contributed by atoms with Crippen LogP contribution in [0.5, 0.6) is 0 Å². The van der Waals surface area contributed by atoms with Crippen LogP contribution in [0.4, 0.5) is 0 Å². The predicted molar refractivity (Wildman–Crippen MR) is 73.8 cm³/mol. The molecule has 0 radical (unpaired) electrons. The molecule has 3 aromatic rings. The maximum absolute atomic E-state index is 11.0. The molecule has 0 spiro atoms. The highest BCUT2D eigenvalue weighted by atomic mass is 32.1. The van der Waals surface area contributed by atoms with Crippen LogP contribution in [-0.2, 0) is 13.1 Å². The number of carboxylic acid groups (broad SMARTS) is 1. The Balaban J connectivity index is 1.99. The lowest BCUT2D eigenvalue weighted by molar-refractivity contribution is 0.0702. The molecule has 0 unspecified atom stereocenters. The minimum absolute atomic E-state index is 0.378. The van der Waals surface area contributed by atoms with Crippen LogP contribution >= 0.6 is 11.3 Å². The number of imidazole rings is 1.